The van der Waals surface area contributed by atoms with Crippen LogP contribution in [0.15, 0.2) is 41.0 Å². The molecule has 3 rings (SSSR count). The average molecular weight is 443 g/mol. The van der Waals surface area contributed by atoms with E-state index >= 15 is 0 Å². The second-order valence-electron chi connectivity index (χ2n) is 7.96. The van der Waals surface area contributed by atoms with Gasteiger partial charge in [0.05, 0.1) is 19.5 Å². The van der Waals surface area contributed by atoms with Gasteiger partial charge in [-0.1, -0.05) is 19.9 Å². The van der Waals surface area contributed by atoms with Crippen molar-refractivity contribution in [2.24, 2.45) is 0 Å². The molecule has 1 aliphatic heterocycles. The molecule has 1 unspecified atom stereocenters. The molecule has 7 heteroatoms. The van der Waals surface area contributed by atoms with E-state index in [1.54, 1.807) is 17.0 Å². The molecular weight excluding hydrogens is 408 g/mol. The molecule has 0 bridgehead atoms. The zero-order chi connectivity index (χ0) is 22.9. The first-order chi connectivity index (χ1) is 15.6. The summed E-state index contributed by atoms with van der Waals surface area (Å²) in [5, 5.41) is 0. The fourth-order valence-electron chi connectivity index (χ4n) is 4.03. The molecule has 1 atom stereocenters. The monoisotopic (exact) mass is 442 g/mol. The highest BCUT2D eigenvalue weighted by molar-refractivity contribution is 5.96. The van der Waals surface area contributed by atoms with Crippen LogP contribution >= 0.6 is 0 Å². The van der Waals surface area contributed by atoms with Crippen molar-refractivity contribution in [3.8, 4) is 11.5 Å². The number of ether oxygens (including phenoxy) is 2. The summed E-state index contributed by atoms with van der Waals surface area (Å²) in [5.41, 5.74) is 0.973. The number of carbonyl (C=O) groups excluding carboxylic acids is 2. The fourth-order valence-corrected chi connectivity index (χ4v) is 4.03. The van der Waals surface area contributed by atoms with Gasteiger partial charge in [-0.2, -0.15) is 0 Å². The second kappa shape index (κ2) is 11.6. The largest absolute Gasteiger partial charge is 0.490 e. The van der Waals surface area contributed by atoms with Crippen LogP contribution in [0.4, 0.5) is 0 Å². The Morgan fingerprint density at radius 1 is 1.12 bits per heavy atom. The van der Waals surface area contributed by atoms with Crippen LogP contribution in [0, 0.1) is 0 Å². The number of carbonyl (C=O) groups is 2. The number of hydrogen-bond acceptors (Lipinski definition) is 5. The minimum Gasteiger partial charge on any atom is -0.490 e. The van der Waals surface area contributed by atoms with Crippen LogP contribution in [0.3, 0.4) is 0 Å². The summed E-state index contributed by atoms with van der Waals surface area (Å²) >= 11 is 0. The van der Waals surface area contributed by atoms with Crippen molar-refractivity contribution in [1.29, 1.82) is 0 Å². The van der Waals surface area contributed by atoms with Gasteiger partial charge in [0.15, 0.2) is 17.3 Å². The van der Waals surface area contributed by atoms with E-state index in [-0.39, 0.29) is 17.6 Å². The first kappa shape index (κ1) is 23.7. The molecule has 2 heterocycles. The molecule has 7 nitrogen and oxygen atoms in total. The first-order valence-electron chi connectivity index (χ1n) is 11.6. The number of furan rings is 1. The lowest BCUT2D eigenvalue weighted by atomic mass is 10.1. The molecule has 0 aliphatic carbocycles. The van der Waals surface area contributed by atoms with Crippen LogP contribution < -0.4 is 9.47 Å². The van der Waals surface area contributed by atoms with Crippen molar-refractivity contribution in [3.05, 3.63) is 47.9 Å². The predicted molar refractivity (Wildman–Crippen MR) is 122 cm³/mol. The lowest BCUT2D eigenvalue weighted by Crippen LogP contribution is -2.47. The van der Waals surface area contributed by atoms with Gasteiger partial charge in [0.25, 0.3) is 5.91 Å². The van der Waals surface area contributed by atoms with E-state index in [0.29, 0.717) is 45.0 Å². The fraction of sp³-hybridized carbons (Fsp3) is 0.520. The van der Waals surface area contributed by atoms with Gasteiger partial charge in [0, 0.05) is 19.6 Å². The molecule has 1 fully saturated rings. The second-order valence-corrected chi connectivity index (χ2v) is 7.96. The van der Waals surface area contributed by atoms with Crippen molar-refractivity contribution < 1.29 is 23.5 Å². The van der Waals surface area contributed by atoms with Crippen molar-refractivity contribution in [2.75, 3.05) is 26.3 Å². The Balaban J connectivity index is 1.76. The molecular formula is C25H34N2O5. The van der Waals surface area contributed by atoms with Crippen molar-refractivity contribution in [3.63, 3.8) is 0 Å². The molecule has 174 valence electrons. The molecule has 2 amide bonds. The van der Waals surface area contributed by atoms with Gasteiger partial charge >= 0.3 is 0 Å². The Bertz CT molecular complexity index is 880. The summed E-state index contributed by atoms with van der Waals surface area (Å²) < 4.78 is 16.8. The highest BCUT2D eigenvalue weighted by Crippen LogP contribution is 2.30. The predicted octanol–water partition coefficient (Wildman–Crippen LogP) is 4.51. The maximum absolute atomic E-state index is 13.5. The van der Waals surface area contributed by atoms with Crippen molar-refractivity contribution >= 4 is 11.8 Å². The van der Waals surface area contributed by atoms with Crippen molar-refractivity contribution in [1.82, 2.24) is 9.80 Å². The van der Waals surface area contributed by atoms with Gasteiger partial charge in [-0.3, -0.25) is 9.59 Å². The Labute approximate surface area is 190 Å². The summed E-state index contributed by atoms with van der Waals surface area (Å²) in [4.78, 5) is 29.8. The zero-order valence-electron chi connectivity index (χ0n) is 19.3. The van der Waals surface area contributed by atoms with Gasteiger partial charge in [0.2, 0.25) is 5.91 Å². The van der Waals surface area contributed by atoms with Crippen LogP contribution in [0.5, 0.6) is 11.5 Å². The lowest BCUT2D eigenvalue weighted by Gasteiger charge is -2.30. The highest BCUT2D eigenvalue weighted by atomic mass is 16.5. The molecule has 2 aromatic rings. The lowest BCUT2D eigenvalue weighted by molar-refractivity contribution is -0.136. The Morgan fingerprint density at radius 3 is 2.66 bits per heavy atom. The van der Waals surface area contributed by atoms with Gasteiger partial charge < -0.3 is 23.7 Å². The van der Waals surface area contributed by atoms with E-state index < -0.39 is 6.04 Å². The Morgan fingerprint density at radius 2 is 1.97 bits per heavy atom. The van der Waals surface area contributed by atoms with E-state index in [0.717, 1.165) is 30.6 Å². The van der Waals surface area contributed by atoms with E-state index in [4.69, 9.17) is 13.9 Å². The summed E-state index contributed by atoms with van der Waals surface area (Å²) in [5.74, 6) is 1.44. The van der Waals surface area contributed by atoms with Gasteiger partial charge in [-0.25, -0.2) is 0 Å². The normalized spacial score (nSPS) is 15.6. The molecule has 0 saturated carbocycles. The quantitative estimate of drug-likeness (QED) is 0.512. The average Bonchev–Trinajstić information content (AvgIpc) is 3.50. The van der Waals surface area contributed by atoms with Crippen LogP contribution in [0.25, 0.3) is 0 Å². The topological polar surface area (TPSA) is 72.2 Å². The number of amides is 2. The van der Waals surface area contributed by atoms with Crippen LogP contribution in [0.1, 0.15) is 62.6 Å². The van der Waals surface area contributed by atoms with E-state index in [2.05, 4.69) is 6.92 Å². The molecule has 1 saturated heterocycles. The summed E-state index contributed by atoms with van der Waals surface area (Å²) in [6, 6.07) is 8.70. The van der Waals surface area contributed by atoms with Crippen molar-refractivity contribution in [2.45, 2.75) is 59.0 Å². The minimum absolute atomic E-state index is 0.0199. The number of benzene rings is 1. The Hall–Kier alpha value is -2.96. The molecule has 0 radical (unpaired) electrons. The molecule has 0 N–H and O–H groups in total. The number of hydrogen-bond donors (Lipinski definition) is 0. The highest BCUT2D eigenvalue weighted by Gasteiger charge is 2.37. The van der Waals surface area contributed by atoms with Gasteiger partial charge in [-0.15, -0.1) is 0 Å². The summed E-state index contributed by atoms with van der Waals surface area (Å²) in [7, 11) is 0. The van der Waals surface area contributed by atoms with Crippen LogP contribution in [0.2, 0.25) is 0 Å². The van der Waals surface area contributed by atoms with Gasteiger partial charge in [-0.05, 0) is 62.4 Å². The Kier molecular flexibility index (Phi) is 8.59. The third kappa shape index (κ3) is 5.64. The first-order valence-corrected chi connectivity index (χ1v) is 11.6. The van der Waals surface area contributed by atoms with E-state index in [1.807, 2.05) is 36.9 Å². The summed E-state index contributed by atoms with van der Waals surface area (Å²) in [6.45, 7) is 8.86. The maximum Gasteiger partial charge on any atom is 0.290 e. The van der Waals surface area contributed by atoms with Crippen LogP contribution in [-0.2, 0) is 11.3 Å². The van der Waals surface area contributed by atoms with E-state index in [9.17, 15) is 9.59 Å². The van der Waals surface area contributed by atoms with Gasteiger partial charge in [0.1, 0.15) is 6.04 Å². The molecule has 0 spiro atoms. The number of nitrogens with zero attached hydrogens (tertiary/aromatic N) is 2. The SMILES string of the molecule is CCCOc1ccc(CN(CCC)C(=O)C2CCCN2C(=O)c2ccco2)cc1OCC. The molecule has 1 aromatic heterocycles. The smallest absolute Gasteiger partial charge is 0.290 e. The maximum atomic E-state index is 13.5. The third-order valence-corrected chi connectivity index (χ3v) is 5.48. The molecule has 1 aliphatic rings. The summed E-state index contributed by atoms with van der Waals surface area (Å²) in [6.07, 6.45) is 4.70. The third-order valence-electron chi connectivity index (χ3n) is 5.48. The van der Waals surface area contributed by atoms with Crippen LogP contribution in [-0.4, -0.2) is 54.0 Å². The standard InChI is InChI=1S/C25H34N2O5/c1-4-13-26(18-19-11-12-21(31-15-5-2)23(17-19)30-6-3)24(28)20-9-7-14-27(20)25(29)22-10-8-16-32-22/h8,10-12,16-17,20H,4-7,9,13-15,18H2,1-3H3. The zero-order valence-corrected chi connectivity index (χ0v) is 19.3. The van der Waals surface area contributed by atoms with E-state index in [1.165, 1.54) is 6.26 Å². The minimum atomic E-state index is -0.460. The number of likely N-dealkylation sites (tertiary alicyclic amines) is 1. The molecule has 32 heavy (non-hydrogen) atoms. The molecule has 1 aromatic carbocycles. The number of rotatable bonds is 11.